The summed E-state index contributed by atoms with van der Waals surface area (Å²) in [7, 11) is -3.14. The molecule has 98 valence electrons. The predicted octanol–water partition coefficient (Wildman–Crippen LogP) is 1.12. The standard InChI is InChI=1S/C11H21N3O2S/c1-9(2)14-7-5-11(13-14)8-17(15,16)10(3)4-6-12/h5,7,9-10H,4,6,8,12H2,1-3H3. The van der Waals surface area contributed by atoms with E-state index in [0.29, 0.717) is 18.7 Å². The van der Waals surface area contributed by atoms with Crippen molar-refractivity contribution in [1.29, 1.82) is 0 Å². The first-order valence-corrected chi connectivity index (χ1v) is 7.54. The molecule has 0 amide bonds. The summed E-state index contributed by atoms with van der Waals surface area (Å²) in [6.45, 7) is 6.09. The molecule has 0 bridgehead atoms. The fraction of sp³-hybridized carbons (Fsp3) is 0.727. The van der Waals surface area contributed by atoms with Crippen molar-refractivity contribution >= 4 is 9.84 Å². The normalized spacial score (nSPS) is 14.2. The Morgan fingerprint density at radius 2 is 2.06 bits per heavy atom. The van der Waals surface area contributed by atoms with E-state index in [9.17, 15) is 8.42 Å². The first kappa shape index (κ1) is 14.2. The zero-order chi connectivity index (χ0) is 13.1. The van der Waals surface area contributed by atoms with Crippen LogP contribution in [0.2, 0.25) is 0 Å². The Kier molecular flexibility index (Phi) is 4.70. The van der Waals surface area contributed by atoms with Gasteiger partial charge >= 0.3 is 0 Å². The molecule has 1 unspecified atom stereocenters. The third kappa shape index (κ3) is 3.81. The van der Waals surface area contributed by atoms with Gasteiger partial charge in [0.1, 0.15) is 0 Å². The molecule has 0 saturated heterocycles. The number of sulfone groups is 1. The average molecular weight is 259 g/mol. The largest absolute Gasteiger partial charge is 0.330 e. The summed E-state index contributed by atoms with van der Waals surface area (Å²) in [4.78, 5) is 0. The second kappa shape index (κ2) is 5.64. The summed E-state index contributed by atoms with van der Waals surface area (Å²) in [5, 5.41) is 3.84. The third-order valence-corrected chi connectivity index (χ3v) is 4.89. The van der Waals surface area contributed by atoms with Gasteiger partial charge in [-0.05, 0) is 39.8 Å². The topological polar surface area (TPSA) is 78.0 Å². The quantitative estimate of drug-likeness (QED) is 0.830. The monoisotopic (exact) mass is 259 g/mol. The molecule has 1 aromatic rings. The van der Waals surface area contributed by atoms with E-state index in [1.54, 1.807) is 17.7 Å². The van der Waals surface area contributed by atoms with Crippen molar-refractivity contribution < 1.29 is 8.42 Å². The van der Waals surface area contributed by atoms with Crippen molar-refractivity contribution in [2.24, 2.45) is 5.73 Å². The lowest BCUT2D eigenvalue weighted by molar-refractivity contribution is 0.527. The van der Waals surface area contributed by atoms with Crippen LogP contribution in [0.3, 0.4) is 0 Å². The fourth-order valence-electron chi connectivity index (χ4n) is 1.50. The maximum absolute atomic E-state index is 12.0. The van der Waals surface area contributed by atoms with Crippen molar-refractivity contribution in [3.05, 3.63) is 18.0 Å². The zero-order valence-electron chi connectivity index (χ0n) is 10.6. The predicted molar refractivity (Wildman–Crippen MR) is 68.4 cm³/mol. The minimum Gasteiger partial charge on any atom is -0.330 e. The summed E-state index contributed by atoms with van der Waals surface area (Å²) in [5.74, 6) is -0.00606. The summed E-state index contributed by atoms with van der Waals surface area (Å²) < 4.78 is 25.7. The number of rotatable bonds is 6. The van der Waals surface area contributed by atoms with Crippen molar-refractivity contribution in [3.63, 3.8) is 0 Å². The molecule has 1 aromatic heterocycles. The highest BCUT2D eigenvalue weighted by Gasteiger charge is 2.21. The van der Waals surface area contributed by atoms with E-state index < -0.39 is 15.1 Å². The Hall–Kier alpha value is -0.880. The Morgan fingerprint density at radius 3 is 2.53 bits per heavy atom. The Bertz CT molecular complexity index is 451. The van der Waals surface area contributed by atoms with Gasteiger partial charge in [-0.3, -0.25) is 4.68 Å². The van der Waals surface area contributed by atoms with Crippen LogP contribution in [0, 0.1) is 0 Å². The molecule has 0 aliphatic carbocycles. The molecule has 0 spiro atoms. The minimum atomic E-state index is -3.14. The van der Waals surface area contributed by atoms with E-state index in [4.69, 9.17) is 5.73 Å². The average Bonchev–Trinajstić information content (AvgIpc) is 2.66. The molecule has 1 heterocycles. The molecule has 0 aliphatic rings. The lowest BCUT2D eigenvalue weighted by Gasteiger charge is -2.10. The summed E-state index contributed by atoms with van der Waals surface area (Å²) >= 11 is 0. The van der Waals surface area contributed by atoms with Crippen LogP contribution in [0.4, 0.5) is 0 Å². The maximum atomic E-state index is 12.0. The molecule has 0 aromatic carbocycles. The summed E-state index contributed by atoms with van der Waals surface area (Å²) in [6.07, 6.45) is 2.30. The van der Waals surface area contributed by atoms with Crippen LogP contribution in [-0.2, 0) is 15.6 Å². The van der Waals surface area contributed by atoms with Gasteiger partial charge in [-0.1, -0.05) is 0 Å². The summed E-state index contributed by atoms with van der Waals surface area (Å²) in [6, 6.07) is 2.00. The van der Waals surface area contributed by atoms with Crippen LogP contribution in [0.1, 0.15) is 38.9 Å². The van der Waals surface area contributed by atoms with E-state index >= 15 is 0 Å². The number of nitrogens with zero attached hydrogens (tertiary/aromatic N) is 2. The van der Waals surface area contributed by atoms with Gasteiger partial charge in [-0.25, -0.2) is 8.42 Å². The molecular formula is C11H21N3O2S. The second-order valence-electron chi connectivity index (χ2n) is 4.58. The number of hydrogen-bond acceptors (Lipinski definition) is 4. The van der Waals surface area contributed by atoms with Crippen LogP contribution in [-0.4, -0.2) is 30.0 Å². The smallest absolute Gasteiger partial charge is 0.158 e. The number of hydrogen-bond donors (Lipinski definition) is 1. The van der Waals surface area contributed by atoms with E-state index in [0.717, 1.165) is 0 Å². The maximum Gasteiger partial charge on any atom is 0.158 e. The molecule has 1 rings (SSSR count). The summed E-state index contributed by atoms with van der Waals surface area (Å²) in [5.41, 5.74) is 5.98. The number of nitrogens with two attached hydrogens (primary N) is 1. The van der Waals surface area contributed by atoms with Gasteiger partial charge in [0.2, 0.25) is 0 Å². The molecule has 17 heavy (non-hydrogen) atoms. The van der Waals surface area contributed by atoms with Gasteiger partial charge in [0.15, 0.2) is 9.84 Å². The minimum absolute atomic E-state index is 0.00606. The van der Waals surface area contributed by atoms with E-state index in [1.807, 2.05) is 20.0 Å². The molecule has 6 heteroatoms. The highest BCUT2D eigenvalue weighted by molar-refractivity contribution is 7.91. The van der Waals surface area contributed by atoms with Gasteiger partial charge in [0, 0.05) is 12.2 Å². The van der Waals surface area contributed by atoms with E-state index in [2.05, 4.69) is 5.10 Å². The van der Waals surface area contributed by atoms with Gasteiger partial charge < -0.3 is 5.73 Å². The highest BCUT2D eigenvalue weighted by Crippen LogP contribution is 2.13. The van der Waals surface area contributed by atoms with Crippen molar-refractivity contribution in [2.45, 2.75) is 44.2 Å². The SMILES string of the molecule is CC(C)n1ccc(CS(=O)(=O)C(C)CCN)n1. The van der Waals surface area contributed by atoms with E-state index in [-0.39, 0.29) is 11.8 Å². The van der Waals surface area contributed by atoms with Crippen molar-refractivity contribution in [3.8, 4) is 0 Å². The Morgan fingerprint density at radius 1 is 1.41 bits per heavy atom. The molecule has 1 atom stereocenters. The molecule has 2 N–H and O–H groups in total. The van der Waals surface area contributed by atoms with Crippen molar-refractivity contribution in [2.75, 3.05) is 6.54 Å². The zero-order valence-corrected chi connectivity index (χ0v) is 11.4. The number of aromatic nitrogens is 2. The van der Waals surface area contributed by atoms with Crippen LogP contribution in [0.5, 0.6) is 0 Å². The molecule has 5 nitrogen and oxygen atoms in total. The van der Waals surface area contributed by atoms with Gasteiger partial charge in [-0.15, -0.1) is 0 Å². The lowest BCUT2D eigenvalue weighted by Crippen LogP contribution is -2.23. The molecule has 0 saturated carbocycles. The van der Waals surface area contributed by atoms with E-state index in [1.165, 1.54) is 0 Å². The first-order valence-electron chi connectivity index (χ1n) is 5.82. The van der Waals surface area contributed by atoms with Crippen LogP contribution in [0.25, 0.3) is 0 Å². The first-order chi connectivity index (χ1) is 7.86. The molecule has 0 radical (unpaired) electrons. The molecule has 0 aliphatic heterocycles. The van der Waals surface area contributed by atoms with Gasteiger partial charge in [0.05, 0.1) is 16.7 Å². The Balaban J connectivity index is 2.76. The Labute approximate surface area is 103 Å². The van der Waals surface area contributed by atoms with Crippen LogP contribution in [0.15, 0.2) is 12.3 Å². The molecular weight excluding hydrogens is 238 g/mol. The van der Waals surface area contributed by atoms with Gasteiger partial charge in [0.25, 0.3) is 0 Å². The van der Waals surface area contributed by atoms with Crippen molar-refractivity contribution in [1.82, 2.24) is 9.78 Å². The van der Waals surface area contributed by atoms with Crippen LogP contribution < -0.4 is 5.73 Å². The van der Waals surface area contributed by atoms with Crippen LogP contribution >= 0.6 is 0 Å². The highest BCUT2D eigenvalue weighted by atomic mass is 32.2. The van der Waals surface area contributed by atoms with Gasteiger partial charge in [-0.2, -0.15) is 5.10 Å². The second-order valence-corrected chi connectivity index (χ2v) is 7.00. The fourth-order valence-corrected chi connectivity index (χ4v) is 2.85. The molecule has 0 fully saturated rings. The lowest BCUT2D eigenvalue weighted by atomic mass is 10.3. The third-order valence-electron chi connectivity index (χ3n) is 2.73.